The van der Waals surface area contributed by atoms with Crippen molar-refractivity contribution in [1.82, 2.24) is 10.2 Å². The standard InChI is InChI=1S/C12H21N3O4/c1-8(16)14-9(12(18)19-2)7-15-6-4-3-5-10(15)11(13)17/h9-10H,3-7H2,1-2H3,(H2,13,17)(H,14,16). The maximum absolute atomic E-state index is 11.6. The molecule has 108 valence electrons. The average Bonchev–Trinajstić information content (AvgIpc) is 2.36. The lowest BCUT2D eigenvalue weighted by Gasteiger charge is -2.35. The monoisotopic (exact) mass is 271 g/mol. The van der Waals surface area contributed by atoms with E-state index in [4.69, 9.17) is 5.73 Å². The minimum atomic E-state index is -0.776. The Kier molecular flexibility index (Phi) is 5.75. The van der Waals surface area contributed by atoms with Crippen LogP contribution in [0.5, 0.6) is 0 Å². The molecule has 0 aromatic carbocycles. The summed E-state index contributed by atoms with van der Waals surface area (Å²) in [5.41, 5.74) is 5.36. The summed E-state index contributed by atoms with van der Waals surface area (Å²) in [4.78, 5) is 35.9. The van der Waals surface area contributed by atoms with Crippen molar-refractivity contribution in [3.8, 4) is 0 Å². The van der Waals surface area contributed by atoms with Crippen molar-refractivity contribution in [2.24, 2.45) is 5.73 Å². The molecule has 1 heterocycles. The molecule has 1 fully saturated rings. The van der Waals surface area contributed by atoms with Crippen LogP contribution in [-0.2, 0) is 19.1 Å². The predicted molar refractivity (Wildman–Crippen MR) is 68.0 cm³/mol. The first-order valence-electron chi connectivity index (χ1n) is 6.34. The maximum Gasteiger partial charge on any atom is 0.329 e. The lowest BCUT2D eigenvalue weighted by molar-refractivity contribution is -0.146. The van der Waals surface area contributed by atoms with Gasteiger partial charge >= 0.3 is 5.97 Å². The minimum absolute atomic E-state index is 0.236. The van der Waals surface area contributed by atoms with Gasteiger partial charge in [-0.15, -0.1) is 0 Å². The number of carbonyl (C=O) groups excluding carboxylic acids is 3. The van der Waals surface area contributed by atoms with Gasteiger partial charge in [0, 0.05) is 13.5 Å². The third-order valence-electron chi connectivity index (χ3n) is 3.22. The van der Waals surface area contributed by atoms with E-state index in [1.54, 1.807) is 0 Å². The van der Waals surface area contributed by atoms with Gasteiger partial charge in [0.25, 0.3) is 0 Å². The van der Waals surface area contributed by atoms with Gasteiger partial charge in [-0.3, -0.25) is 14.5 Å². The van der Waals surface area contributed by atoms with Gasteiger partial charge in [-0.2, -0.15) is 0 Å². The second-order valence-corrected chi connectivity index (χ2v) is 4.69. The minimum Gasteiger partial charge on any atom is -0.467 e. The number of nitrogens with one attached hydrogen (secondary N) is 1. The van der Waals surface area contributed by atoms with Crippen molar-refractivity contribution in [3.63, 3.8) is 0 Å². The fraction of sp³-hybridized carbons (Fsp3) is 0.750. The molecule has 0 aromatic heterocycles. The topological polar surface area (TPSA) is 102 Å². The van der Waals surface area contributed by atoms with Crippen LogP contribution in [-0.4, -0.2) is 55.0 Å². The second kappa shape index (κ2) is 7.08. The van der Waals surface area contributed by atoms with Gasteiger partial charge in [0.1, 0.15) is 6.04 Å². The molecule has 2 atom stereocenters. The van der Waals surface area contributed by atoms with Gasteiger partial charge in [0.15, 0.2) is 0 Å². The SMILES string of the molecule is COC(=O)C(CN1CCCCC1C(N)=O)NC(C)=O. The fourth-order valence-electron chi connectivity index (χ4n) is 2.33. The van der Waals surface area contributed by atoms with Crippen LogP contribution in [0, 0.1) is 0 Å². The van der Waals surface area contributed by atoms with E-state index >= 15 is 0 Å². The van der Waals surface area contributed by atoms with E-state index in [-0.39, 0.29) is 18.5 Å². The summed E-state index contributed by atoms with van der Waals surface area (Å²) >= 11 is 0. The fourth-order valence-corrected chi connectivity index (χ4v) is 2.33. The van der Waals surface area contributed by atoms with Crippen LogP contribution in [0.3, 0.4) is 0 Å². The molecule has 0 radical (unpaired) electrons. The normalized spacial score (nSPS) is 21.5. The van der Waals surface area contributed by atoms with Crippen LogP contribution in [0.25, 0.3) is 0 Å². The highest BCUT2D eigenvalue weighted by atomic mass is 16.5. The molecule has 0 aromatic rings. The smallest absolute Gasteiger partial charge is 0.329 e. The van der Waals surface area contributed by atoms with Crippen molar-refractivity contribution < 1.29 is 19.1 Å². The Morgan fingerprint density at radius 1 is 1.42 bits per heavy atom. The Morgan fingerprint density at radius 3 is 2.63 bits per heavy atom. The molecule has 19 heavy (non-hydrogen) atoms. The van der Waals surface area contributed by atoms with Gasteiger partial charge in [-0.1, -0.05) is 6.42 Å². The van der Waals surface area contributed by atoms with Crippen molar-refractivity contribution in [1.29, 1.82) is 0 Å². The zero-order valence-corrected chi connectivity index (χ0v) is 11.3. The molecule has 2 unspecified atom stereocenters. The molecular formula is C12H21N3O4. The predicted octanol–water partition coefficient (Wildman–Crippen LogP) is -0.996. The summed E-state index contributed by atoms with van der Waals surface area (Å²) in [5.74, 6) is -1.24. The van der Waals surface area contributed by atoms with E-state index in [1.165, 1.54) is 14.0 Å². The number of carbonyl (C=O) groups is 3. The highest BCUT2D eigenvalue weighted by molar-refractivity contribution is 5.83. The molecule has 2 amide bonds. The highest BCUT2D eigenvalue weighted by Gasteiger charge is 2.31. The molecule has 0 spiro atoms. The van der Waals surface area contributed by atoms with Crippen molar-refractivity contribution in [2.45, 2.75) is 38.3 Å². The number of amides is 2. The molecule has 0 aliphatic carbocycles. The number of hydrogen-bond acceptors (Lipinski definition) is 5. The summed E-state index contributed by atoms with van der Waals surface area (Å²) in [5, 5.41) is 2.53. The molecule has 7 nitrogen and oxygen atoms in total. The number of methoxy groups -OCH3 is 1. The molecule has 7 heteroatoms. The third-order valence-corrected chi connectivity index (χ3v) is 3.22. The first kappa shape index (κ1) is 15.4. The number of nitrogens with zero attached hydrogens (tertiary/aromatic N) is 1. The highest BCUT2D eigenvalue weighted by Crippen LogP contribution is 2.17. The number of primary amides is 1. The van der Waals surface area contributed by atoms with Crippen molar-refractivity contribution in [3.05, 3.63) is 0 Å². The Balaban J connectivity index is 2.72. The first-order chi connectivity index (χ1) is 8.95. The summed E-state index contributed by atoms with van der Waals surface area (Å²) < 4.78 is 4.65. The number of likely N-dealkylation sites (tertiary alicyclic amines) is 1. The second-order valence-electron chi connectivity index (χ2n) is 4.69. The summed E-state index contributed by atoms with van der Waals surface area (Å²) in [6, 6.07) is -1.16. The van der Waals surface area contributed by atoms with E-state index in [0.29, 0.717) is 13.0 Å². The Labute approximate surface area is 112 Å². The van der Waals surface area contributed by atoms with Crippen molar-refractivity contribution in [2.75, 3.05) is 20.2 Å². The zero-order chi connectivity index (χ0) is 14.4. The first-order valence-corrected chi connectivity index (χ1v) is 6.34. The summed E-state index contributed by atoms with van der Waals surface area (Å²) in [6.45, 7) is 2.25. The quantitative estimate of drug-likeness (QED) is 0.625. The Bertz CT molecular complexity index is 359. The zero-order valence-electron chi connectivity index (χ0n) is 11.3. The molecule has 1 rings (SSSR count). The van der Waals surface area contributed by atoms with Crippen LogP contribution in [0.15, 0.2) is 0 Å². The van der Waals surface area contributed by atoms with E-state index in [2.05, 4.69) is 10.1 Å². The lowest BCUT2D eigenvalue weighted by atomic mass is 10.0. The molecule has 1 saturated heterocycles. The number of ether oxygens (including phenoxy) is 1. The average molecular weight is 271 g/mol. The van der Waals surface area contributed by atoms with Gasteiger partial charge < -0.3 is 15.8 Å². The van der Waals surface area contributed by atoms with Crippen LogP contribution < -0.4 is 11.1 Å². The van der Waals surface area contributed by atoms with E-state index in [9.17, 15) is 14.4 Å². The van der Waals surface area contributed by atoms with Gasteiger partial charge in [0.05, 0.1) is 13.2 Å². The summed E-state index contributed by atoms with van der Waals surface area (Å²) in [6.07, 6.45) is 2.56. The number of hydrogen-bond donors (Lipinski definition) is 2. The maximum atomic E-state index is 11.6. The number of nitrogens with two attached hydrogens (primary N) is 1. The molecule has 0 saturated carbocycles. The van der Waals surface area contributed by atoms with Crippen LogP contribution in [0.2, 0.25) is 0 Å². The van der Waals surface area contributed by atoms with Gasteiger partial charge in [-0.25, -0.2) is 4.79 Å². The van der Waals surface area contributed by atoms with Crippen LogP contribution in [0.1, 0.15) is 26.2 Å². The van der Waals surface area contributed by atoms with Gasteiger partial charge in [0.2, 0.25) is 11.8 Å². The summed E-state index contributed by atoms with van der Waals surface area (Å²) in [7, 11) is 1.26. The number of piperidine rings is 1. The largest absolute Gasteiger partial charge is 0.467 e. The molecule has 0 bridgehead atoms. The third kappa shape index (κ3) is 4.51. The molecule has 1 aliphatic heterocycles. The molecule has 3 N–H and O–H groups in total. The number of esters is 1. The van der Waals surface area contributed by atoms with E-state index in [1.807, 2.05) is 4.90 Å². The molecular weight excluding hydrogens is 250 g/mol. The lowest BCUT2D eigenvalue weighted by Crippen LogP contribution is -2.55. The van der Waals surface area contributed by atoms with Crippen LogP contribution in [0.4, 0.5) is 0 Å². The van der Waals surface area contributed by atoms with E-state index < -0.39 is 17.9 Å². The Morgan fingerprint density at radius 2 is 2.11 bits per heavy atom. The Hall–Kier alpha value is -1.63. The van der Waals surface area contributed by atoms with Crippen molar-refractivity contribution >= 4 is 17.8 Å². The van der Waals surface area contributed by atoms with Gasteiger partial charge in [-0.05, 0) is 19.4 Å². The van der Waals surface area contributed by atoms with E-state index in [0.717, 1.165) is 12.8 Å². The van der Waals surface area contributed by atoms with Crippen LogP contribution >= 0.6 is 0 Å². The number of rotatable bonds is 5. The molecule has 1 aliphatic rings.